The molecule has 1 fully saturated rings. The average Bonchev–Trinajstić information content (AvgIpc) is 2.86. The lowest BCUT2D eigenvalue weighted by Gasteiger charge is -2.42. The van der Waals surface area contributed by atoms with Crippen LogP contribution in [0.2, 0.25) is 0 Å². The van der Waals surface area contributed by atoms with Gasteiger partial charge in [0.15, 0.2) is 0 Å². The number of benzene rings is 2. The maximum absolute atomic E-state index is 13.3. The maximum Gasteiger partial charge on any atom is 0.257 e. The fraction of sp³-hybridized carbons (Fsp3) is 0.423. The number of nitrogens with zero attached hydrogens (tertiary/aromatic N) is 1. The highest BCUT2D eigenvalue weighted by Gasteiger charge is 2.39. The molecule has 2 heterocycles. The first-order chi connectivity index (χ1) is 16.9. The summed E-state index contributed by atoms with van der Waals surface area (Å²) in [6.07, 6.45) is 1.04. The minimum absolute atomic E-state index is 0.0677. The summed E-state index contributed by atoms with van der Waals surface area (Å²) in [7, 11) is 3.19. The molecule has 0 spiro atoms. The molecule has 0 radical (unpaired) electrons. The van der Waals surface area contributed by atoms with Crippen molar-refractivity contribution in [1.82, 2.24) is 10.2 Å². The van der Waals surface area contributed by atoms with E-state index in [4.69, 9.17) is 14.2 Å². The summed E-state index contributed by atoms with van der Waals surface area (Å²) in [5.41, 5.74) is 1.91. The van der Waals surface area contributed by atoms with E-state index in [1.165, 1.54) is 7.11 Å². The molecule has 3 amide bonds. The Labute approximate surface area is 204 Å². The van der Waals surface area contributed by atoms with Gasteiger partial charge < -0.3 is 29.7 Å². The van der Waals surface area contributed by atoms with E-state index in [1.54, 1.807) is 30.1 Å². The van der Waals surface area contributed by atoms with Crippen LogP contribution in [0, 0.1) is 0 Å². The zero-order valence-electron chi connectivity index (χ0n) is 20.0. The first-order valence-electron chi connectivity index (χ1n) is 11.7. The number of nitrogens with one attached hydrogen (secondary N) is 2. The highest BCUT2D eigenvalue weighted by Crippen LogP contribution is 2.32. The van der Waals surface area contributed by atoms with Crippen LogP contribution in [0.15, 0.2) is 48.5 Å². The van der Waals surface area contributed by atoms with Crippen LogP contribution in [0.25, 0.3) is 0 Å². The first-order valence-corrected chi connectivity index (χ1v) is 11.7. The molecule has 0 bridgehead atoms. The van der Waals surface area contributed by atoms with Gasteiger partial charge in [0.1, 0.15) is 25.1 Å². The van der Waals surface area contributed by atoms with E-state index in [9.17, 15) is 14.4 Å². The van der Waals surface area contributed by atoms with Gasteiger partial charge in [0.05, 0.1) is 24.1 Å². The van der Waals surface area contributed by atoms with Gasteiger partial charge in [-0.1, -0.05) is 30.3 Å². The molecule has 186 valence electrons. The third-order valence-corrected chi connectivity index (χ3v) is 6.32. The second kappa shape index (κ2) is 11.3. The highest BCUT2D eigenvalue weighted by molar-refractivity contribution is 6.00. The number of carbonyl (C=O) groups excluding carboxylic acids is 3. The molecule has 0 unspecified atom stereocenters. The SMILES string of the molecule is COCC(=O)Nc1ccc2c(c1)C(=O)N(C)[C@H]1CC[C@H](CC(=O)NCc3ccccc3)O[C@@H]1CO2. The Morgan fingerprint density at radius 3 is 2.69 bits per heavy atom. The molecule has 4 rings (SSSR count). The lowest BCUT2D eigenvalue weighted by molar-refractivity contribution is -0.134. The Balaban J connectivity index is 1.38. The van der Waals surface area contributed by atoms with Crippen LogP contribution in [0.4, 0.5) is 5.69 Å². The van der Waals surface area contributed by atoms with Crippen LogP contribution in [0.5, 0.6) is 5.75 Å². The topological polar surface area (TPSA) is 106 Å². The summed E-state index contributed by atoms with van der Waals surface area (Å²) in [5.74, 6) is -0.155. The van der Waals surface area contributed by atoms with E-state index >= 15 is 0 Å². The van der Waals surface area contributed by atoms with Crippen molar-refractivity contribution in [3.63, 3.8) is 0 Å². The molecular formula is C26H31N3O6. The van der Waals surface area contributed by atoms with E-state index < -0.39 is 0 Å². The molecule has 2 aromatic carbocycles. The molecule has 35 heavy (non-hydrogen) atoms. The molecule has 2 aliphatic heterocycles. The highest BCUT2D eigenvalue weighted by atomic mass is 16.5. The van der Waals surface area contributed by atoms with Crippen LogP contribution in [-0.2, 0) is 25.6 Å². The van der Waals surface area contributed by atoms with Crippen molar-refractivity contribution in [3.05, 3.63) is 59.7 Å². The maximum atomic E-state index is 13.3. The van der Waals surface area contributed by atoms with E-state index in [1.807, 2.05) is 30.3 Å². The van der Waals surface area contributed by atoms with Gasteiger partial charge >= 0.3 is 0 Å². The third-order valence-electron chi connectivity index (χ3n) is 6.32. The molecule has 1 saturated heterocycles. The number of hydrogen-bond acceptors (Lipinski definition) is 6. The number of hydrogen-bond donors (Lipinski definition) is 2. The van der Waals surface area contributed by atoms with Crippen molar-refractivity contribution in [2.24, 2.45) is 0 Å². The van der Waals surface area contributed by atoms with Gasteiger partial charge in [0.2, 0.25) is 11.8 Å². The monoisotopic (exact) mass is 481 g/mol. The summed E-state index contributed by atoms with van der Waals surface area (Å²) < 4.78 is 17.0. The zero-order valence-corrected chi connectivity index (χ0v) is 20.0. The molecule has 2 N–H and O–H groups in total. The van der Waals surface area contributed by atoms with Crippen LogP contribution in [0.1, 0.15) is 35.2 Å². The fourth-order valence-corrected chi connectivity index (χ4v) is 4.51. The number of ether oxygens (including phenoxy) is 3. The van der Waals surface area contributed by atoms with Crippen LogP contribution in [-0.4, -0.2) is 68.2 Å². The lowest BCUT2D eigenvalue weighted by Crippen LogP contribution is -2.53. The zero-order chi connectivity index (χ0) is 24.8. The minimum atomic E-state index is -0.348. The predicted molar refractivity (Wildman–Crippen MR) is 129 cm³/mol. The van der Waals surface area contributed by atoms with Gasteiger partial charge in [-0.25, -0.2) is 0 Å². The van der Waals surface area contributed by atoms with Crippen molar-refractivity contribution in [3.8, 4) is 5.75 Å². The number of anilines is 1. The summed E-state index contributed by atoms with van der Waals surface area (Å²) in [6.45, 7) is 0.657. The summed E-state index contributed by atoms with van der Waals surface area (Å²) in [6, 6.07) is 14.5. The number of carbonyl (C=O) groups is 3. The van der Waals surface area contributed by atoms with Gasteiger partial charge in [0, 0.05) is 26.4 Å². The van der Waals surface area contributed by atoms with Gasteiger partial charge in [-0.15, -0.1) is 0 Å². The van der Waals surface area contributed by atoms with Gasteiger partial charge in [-0.3, -0.25) is 14.4 Å². The molecule has 0 aliphatic carbocycles. The average molecular weight is 482 g/mol. The molecule has 0 saturated carbocycles. The number of fused-ring (bicyclic) bond motifs is 2. The quantitative estimate of drug-likeness (QED) is 0.629. The fourth-order valence-electron chi connectivity index (χ4n) is 4.51. The Hall–Kier alpha value is -3.43. The van der Waals surface area contributed by atoms with Gasteiger partial charge in [-0.05, 0) is 36.6 Å². The number of rotatable bonds is 7. The first kappa shape index (κ1) is 24.7. The predicted octanol–water partition coefficient (Wildman–Crippen LogP) is 2.36. The molecule has 3 atom stereocenters. The van der Waals surface area contributed by atoms with Crippen LogP contribution >= 0.6 is 0 Å². The van der Waals surface area contributed by atoms with Crippen molar-refractivity contribution in [2.45, 2.75) is 44.1 Å². The molecule has 2 aliphatic rings. The van der Waals surface area contributed by atoms with E-state index in [-0.39, 0.29) is 55.6 Å². The normalized spacial score (nSPS) is 21.6. The number of likely N-dealkylation sites (N-methyl/N-ethyl adjacent to an activating group) is 1. The summed E-state index contributed by atoms with van der Waals surface area (Å²) in [4.78, 5) is 39.3. The smallest absolute Gasteiger partial charge is 0.257 e. The van der Waals surface area contributed by atoms with Crippen molar-refractivity contribution >= 4 is 23.4 Å². The van der Waals surface area contributed by atoms with E-state index in [2.05, 4.69) is 10.6 Å². The largest absolute Gasteiger partial charge is 0.490 e. The Morgan fingerprint density at radius 1 is 1.11 bits per heavy atom. The molecular weight excluding hydrogens is 450 g/mol. The molecule has 9 nitrogen and oxygen atoms in total. The Bertz CT molecular complexity index is 1060. The summed E-state index contributed by atoms with van der Waals surface area (Å²) in [5, 5.41) is 5.66. The third kappa shape index (κ3) is 6.17. The summed E-state index contributed by atoms with van der Waals surface area (Å²) >= 11 is 0. The lowest BCUT2D eigenvalue weighted by atomic mass is 9.94. The molecule has 2 aromatic rings. The number of methoxy groups -OCH3 is 1. The second-order valence-corrected chi connectivity index (χ2v) is 8.83. The van der Waals surface area contributed by atoms with Crippen molar-refractivity contribution in [1.29, 1.82) is 0 Å². The number of amides is 3. The molecule has 9 heteroatoms. The molecule has 0 aromatic heterocycles. The minimum Gasteiger partial charge on any atom is -0.490 e. The van der Waals surface area contributed by atoms with E-state index in [0.29, 0.717) is 36.4 Å². The standard InChI is InChI=1S/C26H31N3O6/c1-29-21-10-9-19(13-24(30)27-14-17-6-4-3-5-7-17)35-23(21)15-34-22-11-8-18(12-20(22)26(29)32)28-25(31)16-33-2/h3-8,11-12,19,21,23H,9-10,13-16H2,1-2H3,(H,27,30)(H,28,31)/t19-,21+,23-/m1/s1. The Kier molecular flexibility index (Phi) is 7.99. The Morgan fingerprint density at radius 2 is 1.91 bits per heavy atom. The van der Waals surface area contributed by atoms with Crippen LogP contribution < -0.4 is 15.4 Å². The van der Waals surface area contributed by atoms with Crippen LogP contribution in [0.3, 0.4) is 0 Å². The van der Waals surface area contributed by atoms with Gasteiger partial charge in [-0.2, -0.15) is 0 Å². The van der Waals surface area contributed by atoms with E-state index in [0.717, 1.165) is 5.56 Å². The van der Waals surface area contributed by atoms with Crippen molar-refractivity contribution < 1.29 is 28.6 Å². The van der Waals surface area contributed by atoms with Gasteiger partial charge in [0.25, 0.3) is 5.91 Å². The van der Waals surface area contributed by atoms with Crippen molar-refractivity contribution in [2.75, 3.05) is 32.7 Å². The second-order valence-electron chi connectivity index (χ2n) is 8.83.